The van der Waals surface area contributed by atoms with Gasteiger partial charge in [0.05, 0.1) is 17.9 Å². The normalized spacial score (nSPS) is 10.9. The van der Waals surface area contributed by atoms with Crippen LogP contribution in [0.3, 0.4) is 0 Å². The van der Waals surface area contributed by atoms with E-state index in [2.05, 4.69) is 15.3 Å². The van der Waals surface area contributed by atoms with Crippen molar-refractivity contribution in [2.75, 3.05) is 5.32 Å². The van der Waals surface area contributed by atoms with Crippen molar-refractivity contribution in [3.63, 3.8) is 0 Å². The Morgan fingerprint density at radius 2 is 1.67 bits per heavy atom. The summed E-state index contributed by atoms with van der Waals surface area (Å²) < 4.78 is 54.9. The van der Waals surface area contributed by atoms with Crippen molar-refractivity contribution < 1.29 is 17.6 Å². The van der Waals surface area contributed by atoms with Gasteiger partial charge in [0.2, 0.25) is 11.8 Å². The van der Waals surface area contributed by atoms with Crippen LogP contribution in [0.1, 0.15) is 17.0 Å². The summed E-state index contributed by atoms with van der Waals surface area (Å²) in [6, 6.07) is 5.01. The maximum absolute atomic E-state index is 13.7. The molecule has 0 aliphatic carbocycles. The molecule has 0 amide bonds. The lowest BCUT2D eigenvalue weighted by molar-refractivity contribution is 0.444. The molecule has 0 atom stereocenters. The molecule has 5 nitrogen and oxygen atoms in total. The summed E-state index contributed by atoms with van der Waals surface area (Å²) in [6.07, 6.45) is 0.855. The second-order valence-electron chi connectivity index (χ2n) is 5.93. The van der Waals surface area contributed by atoms with Crippen molar-refractivity contribution in [2.45, 2.75) is 20.4 Å². The molecule has 0 spiro atoms. The van der Waals surface area contributed by atoms with Gasteiger partial charge < -0.3 is 9.88 Å². The standard InChI is InChI=1S/C18H14F4N4O/c1-9-3-4-15(10(2)23-9)24-18-25-17(27)14(21)8-26(18)7-11-5-12(19)16(22)13(20)6-11/h3-6,8H,7H2,1-2H3,(H,24,25,27). The number of aryl methyl sites for hydroxylation is 2. The fourth-order valence-corrected chi connectivity index (χ4v) is 2.52. The van der Waals surface area contributed by atoms with Gasteiger partial charge in [0.1, 0.15) is 0 Å². The summed E-state index contributed by atoms with van der Waals surface area (Å²) in [5.74, 6) is -5.52. The molecular weight excluding hydrogens is 364 g/mol. The highest BCUT2D eigenvalue weighted by Crippen LogP contribution is 2.20. The molecule has 0 radical (unpaired) electrons. The Morgan fingerprint density at radius 3 is 2.30 bits per heavy atom. The van der Waals surface area contributed by atoms with Crippen LogP contribution >= 0.6 is 0 Å². The lowest BCUT2D eigenvalue weighted by Gasteiger charge is -2.15. The van der Waals surface area contributed by atoms with Gasteiger partial charge in [-0.25, -0.2) is 13.2 Å². The van der Waals surface area contributed by atoms with Gasteiger partial charge in [-0.15, -0.1) is 0 Å². The Hall–Kier alpha value is -3.23. The minimum Gasteiger partial charge on any atom is -0.324 e. The van der Waals surface area contributed by atoms with Crippen LogP contribution in [0.15, 0.2) is 35.3 Å². The third-order valence-electron chi connectivity index (χ3n) is 3.82. The summed E-state index contributed by atoms with van der Waals surface area (Å²) in [5, 5.41) is 2.86. The molecule has 0 saturated carbocycles. The van der Waals surface area contributed by atoms with Gasteiger partial charge in [-0.2, -0.15) is 9.37 Å². The van der Waals surface area contributed by atoms with E-state index in [0.717, 1.165) is 28.6 Å². The lowest BCUT2D eigenvalue weighted by Crippen LogP contribution is -2.20. The lowest BCUT2D eigenvalue weighted by atomic mass is 10.2. The number of nitrogens with zero attached hydrogens (tertiary/aromatic N) is 3. The van der Waals surface area contributed by atoms with Crippen LogP contribution in [0, 0.1) is 37.1 Å². The number of anilines is 2. The molecule has 2 heterocycles. The maximum atomic E-state index is 13.7. The van der Waals surface area contributed by atoms with E-state index in [4.69, 9.17) is 0 Å². The van der Waals surface area contributed by atoms with Crippen LogP contribution < -0.4 is 10.9 Å². The van der Waals surface area contributed by atoms with Crippen molar-refractivity contribution in [3.8, 4) is 0 Å². The van der Waals surface area contributed by atoms with Crippen LogP contribution in [0.4, 0.5) is 29.2 Å². The number of rotatable bonds is 4. The molecule has 0 aliphatic rings. The van der Waals surface area contributed by atoms with Crippen molar-refractivity contribution in [1.29, 1.82) is 0 Å². The first-order valence-corrected chi connectivity index (χ1v) is 7.86. The number of aromatic nitrogens is 3. The number of nitrogens with one attached hydrogen (secondary N) is 1. The fourth-order valence-electron chi connectivity index (χ4n) is 2.52. The molecule has 0 fully saturated rings. The highest BCUT2D eigenvalue weighted by Gasteiger charge is 2.14. The average Bonchev–Trinajstić information content (AvgIpc) is 2.59. The molecule has 2 aromatic heterocycles. The fraction of sp³-hybridized carbons (Fsp3) is 0.167. The van der Waals surface area contributed by atoms with E-state index < -0.39 is 28.8 Å². The summed E-state index contributed by atoms with van der Waals surface area (Å²) in [6.45, 7) is 3.28. The molecule has 1 N–H and O–H groups in total. The Morgan fingerprint density at radius 1 is 1.00 bits per heavy atom. The molecule has 0 aliphatic heterocycles. The topological polar surface area (TPSA) is 59.8 Å². The first-order chi connectivity index (χ1) is 12.7. The smallest absolute Gasteiger partial charge is 0.310 e. The highest BCUT2D eigenvalue weighted by atomic mass is 19.2. The summed E-state index contributed by atoms with van der Waals surface area (Å²) >= 11 is 0. The van der Waals surface area contributed by atoms with E-state index in [-0.39, 0.29) is 18.1 Å². The summed E-state index contributed by atoms with van der Waals surface area (Å²) in [5.41, 5.74) is 0.837. The Balaban J connectivity index is 2.02. The van der Waals surface area contributed by atoms with Crippen LogP contribution in [-0.2, 0) is 6.54 Å². The van der Waals surface area contributed by atoms with Gasteiger partial charge >= 0.3 is 5.56 Å². The summed E-state index contributed by atoms with van der Waals surface area (Å²) in [4.78, 5) is 19.5. The van der Waals surface area contributed by atoms with Crippen molar-refractivity contribution in [2.24, 2.45) is 0 Å². The third kappa shape index (κ3) is 3.97. The molecule has 140 valence electrons. The zero-order valence-electron chi connectivity index (χ0n) is 14.4. The Labute approximate surface area is 151 Å². The van der Waals surface area contributed by atoms with Crippen LogP contribution in [0.2, 0.25) is 0 Å². The zero-order valence-corrected chi connectivity index (χ0v) is 14.4. The molecule has 3 aromatic rings. The summed E-state index contributed by atoms with van der Waals surface area (Å²) in [7, 11) is 0. The number of pyridine rings is 1. The largest absolute Gasteiger partial charge is 0.324 e. The molecule has 0 unspecified atom stereocenters. The molecule has 0 saturated heterocycles. The third-order valence-corrected chi connectivity index (χ3v) is 3.82. The van der Waals surface area contributed by atoms with Crippen molar-refractivity contribution in [3.05, 3.63) is 81.0 Å². The minimum absolute atomic E-state index is 0.0260. The van der Waals surface area contributed by atoms with Gasteiger partial charge in [-0.1, -0.05) is 0 Å². The number of benzene rings is 1. The van der Waals surface area contributed by atoms with E-state index in [1.165, 1.54) is 0 Å². The first-order valence-electron chi connectivity index (χ1n) is 7.86. The van der Waals surface area contributed by atoms with E-state index in [1.54, 1.807) is 26.0 Å². The Kier molecular flexibility index (Phi) is 4.93. The van der Waals surface area contributed by atoms with Gasteiger partial charge in [0.15, 0.2) is 17.5 Å². The monoisotopic (exact) mass is 378 g/mol. The zero-order chi connectivity index (χ0) is 19.7. The van der Waals surface area contributed by atoms with Crippen LogP contribution in [-0.4, -0.2) is 14.5 Å². The molecule has 1 aromatic carbocycles. The minimum atomic E-state index is -1.59. The SMILES string of the molecule is Cc1ccc(Nc2nc(=O)c(F)cn2Cc2cc(F)c(F)c(F)c2)c(C)n1. The number of hydrogen-bond acceptors (Lipinski definition) is 4. The van der Waals surface area contributed by atoms with Gasteiger partial charge in [0, 0.05) is 11.9 Å². The molecule has 0 bridgehead atoms. The van der Waals surface area contributed by atoms with Gasteiger partial charge in [0.25, 0.3) is 0 Å². The quantitative estimate of drug-likeness (QED) is 0.557. The van der Waals surface area contributed by atoms with E-state index in [9.17, 15) is 22.4 Å². The van der Waals surface area contributed by atoms with E-state index in [0.29, 0.717) is 11.4 Å². The molecule has 27 heavy (non-hydrogen) atoms. The van der Waals surface area contributed by atoms with E-state index >= 15 is 0 Å². The van der Waals surface area contributed by atoms with E-state index in [1.807, 2.05) is 0 Å². The number of halogens is 4. The molecule has 9 heteroatoms. The Bertz CT molecular complexity index is 1060. The van der Waals surface area contributed by atoms with Crippen LogP contribution in [0.5, 0.6) is 0 Å². The first kappa shape index (κ1) is 18.6. The van der Waals surface area contributed by atoms with Crippen molar-refractivity contribution >= 4 is 11.6 Å². The average molecular weight is 378 g/mol. The molecule has 3 rings (SSSR count). The second-order valence-corrected chi connectivity index (χ2v) is 5.93. The number of hydrogen-bond donors (Lipinski definition) is 1. The predicted octanol–water partition coefficient (Wildman–Crippen LogP) is 3.60. The molecular formula is C18H14F4N4O. The van der Waals surface area contributed by atoms with Gasteiger partial charge in [-0.05, 0) is 43.7 Å². The predicted molar refractivity (Wildman–Crippen MR) is 90.9 cm³/mol. The van der Waals surface area contributed by atoms with Crippen molar-refractivity contribution in [1.82, 2.24) is 14.5 Å². The van der Waals surface area contributed by atoms with Gasteiger partial charge in [-0.3, -0.25) is 9.78 Å². The maximum Gasteiger partial charge on any atom is 0.310 e. The van der Waals surface area contributed by atoms with Crippen LogP contribution in [0.25, 0.3) is 0 Å². The highest BCUT2D eigenvalue weighted by molar-refractivity contribution is 5.56. The second kappa shape index (κ2) is 7.18.